The zero-order valence-corrected chi connectivity index (χ0v) is 10.7. The number of carboxylic acids is 1. The number of β-lactam (4-membered cyclic amide) rings is 2. The van der Waals surface area contributed by atoms with Crippen LogP contribution in [0.25, 0.3) is 0 Å². The average molecular weight is 282 g/mol. The molecule has 0 radical (unpaired) electrons. The van der Waals surface area contributed by atoms with Gasteiger partial charge in [-0.1, -0.05) is 0 Å². The number of rotatable bonds is 3. The number of carbonyl (C=O) groups excluding carboxylic acids is 2. The number of hydrogen-bond acceptors (Lipinski definition) is 5. The molecule has 3 aliphatic rings. The highest BCUT2D eigenvalue weighted by Gasteiger charge is 2.50. The van der Waals surface area contributed by atoms with Gasteiger partial charge in [-0.05, 0) is 6.08 Å². The maximum atomic E-state index is 11.9. The van der Waals surface area contributed by atoms with Crippen LogP contribution in [0.3, 0.4) is 0 Å². The lowest BCUT2D eigenvalue weighted by Gasteiger charge is -2.41. The third-order valence-corrected chi connectivity index (χ3v) is 4.33. The van der Waals surface area contributed by atoms with Crippen LogP contribution in [0, 0.1) is 0 Å². The molecule has 0 aliphatic carbocycles. The molecule has 2 fully saturated rings. The Morgan fingerprint density at radius 2 is 2.32 bits per heavy atom. The Bertz CT molecular complexity index is 555. The minimum atomic E-state index is -1.11. The summed E-state index contributed by atoms with van der Waals surface area (Å²) >= 11 is 1.28. The Kier molecular flexibility index (Phi) is 2.64. The van der Waals surface area contributed by atoms with Crippen molar-refractivity contribution in [1.29, 1.82) is 0 Å². The summed E-state index contributed by atoms with van der Waals surface area (Å²) in [5.41, 5.74) is 0.530. The zero-order valence-electron chi connectivity index (χ0n) is 9.90. The summed E-state index contributed by atoms with van der Waals surface area (Å²) in [6, 6.07) is -0.243. The fourth-order valence-corrected chi connectivity index (χ4v) is 3.41. The van der Waals surface area contributed by atoms with E-state index in [0.717, 1.165) is 0 Å². The molecule has 0 spiro atoms. The molecule has 1 N–H and O–H groups in total. The second kappa shape index (κ2) is 4.10. The molecular weight excluding hydrogens is 272 g/mol. The molecule has 0 unspecified atom stereocenters. The molecule has 0 bridgehead atoms. The summed E-state index contributed by atoms with van der Waals surface area (Å²) in [5.74, 6) is -1.56. The summed E-state index contributed by atoms with van der Waals surface area (Å²) in [6.07, 6.45) is 1.99. The summed E-state index contributed by atoms with van der Waals surface area (Å²) in [7, 11) is 1.39. The fourth-order valence-electron chi connectivity index (χ4n) is 2.28. The van der Waals surface area contributed by atoms with Crippen molar-refractivity contribution in [2.45, 2.75) is 17.8 Å². The molecule has 2 atom stereocenters. The molecule has 7 nitrogen and oxygen atoms in total. The molecule has 2 amide bonds. The number of aliphatic carboxylic acids is 1. The van der Waals surface area contributed by atoms with Crippen LogP contribution in [0.15, 0.2) is 22.8 Å². The van der Waals surface area contributed by atoms with E-state index in [1.165, 1.54) is 34.2 Å². The lowest BCUT2D eigenvalue weighted by molar-refractivity contribution is -0.208. The third kappa shape index (κ3) is 1.60. The molecule has 0 aromatic heterocycles. The number of amides is 2. The topological polar surface area (TPSA) is 87.2 Å². The van der Waals surface area contributed by atoms with E-state index in [2.05, 4.69) is 0 Å². The van der Waals surface area contributed by atoms with E-state index in [9.17, 15) is 14.4 Å². The van der Waals surface area contributed by atoms with E-state index >= 15 is 0 Å². The molecule has 0 aromatic carbocycles. The molecule has 3 rings (SSSR count). The van der Waals surface area contributed by atoms with E-state index in [-0.39, 0.29) is 28.9 Å². The van der Waals surface area contributed by atoms with Gasteiger partial charge in [0.25, 0.3) is 5.91 Å². The van der Waals surface area contributed by atoms with Crippen LogP contribution in [0.2, 0.25) is 0 Å². The van der Waals surface area contributed by atoms with Crippen molar-refractivity contribution in [2.24, 2.45) is 0 Å². The number of fused-ring (bicyclic) bond motifs is 1. The Morgan fingerprint density at radius 1 is 1.58 bits per heavy atom. The van der Waals surface area contributed by atoms with Gasteiger partial charge in [-0.15, -0.1) is 11.8 Å². The summed E-state index contributed by atoms with van der Waals surface area (Å²) < 4.78 is 0. The van der Waals surface area contributed by atoms with Gasteiger partial charge in [-0.3, -0.25) is 19.3 Å². The van der Waals surface area contributed by atoms with E-state index in [4.69, 9.17) is 9.94 Å². The van der Waals surface area contributed by atoms with Crippen molar-refractivity contribution in [3.05, 3.63) is 22.8 Å². The highest BCUT2D eigenvalue weighted by molar-refractivity contribution is 8.03. The smallest absolute Gasteiger partial charge is 0.353 e. The first-order valence-corrected chi connectivity index (χ1v) is 6.49. The molecule has 8 heteroatoms. The fraction of sp³-hybridized carbons (Fsp3) is 0.364. The van der Waals surface area contributed by atoms with Gasteiger partial charge in [0.15, 0.2) is 0 Å². The first-order valence-electron chi connectivity index (χ1n) is 5.55. The predicted molar refractivity (Wildman–Crippen MR) is 64.3 cm³/mol. The molecule has 0 saturated carbocycles. The van der Waals surface area contributed by atoms with Crippen molar-refractivity contribution in [3.63, 3.8) is 0 Å². The lowest BCUT2D eigenvalue weighted by Crippen LogP contribution is -2.55. The number of hydrogen-bond donors (Lipinski definition) is 1. The lowest BCUT2D eigenvalue weighted by atomic mass is 9.97. The normalized spacial score (nSPS) is 31.0. The Labute approximate surface area is 112 Å². The molecule has 0 aromatic rings. The van der Waals surface area contributed by atoms with Crippen LogP contribution in [0.4, 0.5) is 0 Å². The largest absolute Gasteiger partial charge is 0.477 e. The minimum Gasteiger partial charge on any atom is -0.477 e. The standard InChI is InChI=1S/C11H10N2O5S/c1-18-13-5(3-8(13)14)2-6-9(15)12-7(11(16)17)4-19-10(6)12/h2,4-5,10H,3H2,1H3,(H,16,17)/b6-2-/t5-,10-/m0/s1. The zero-order chi connectivity index (χ0) is 13.7. The van der Waals surface area contributed by atoms with Gasteiger partial charge >= 0.3 is 5.97 Å². The van der Waals surface area contributed by atoms with Crippen molar-refractivity contribution in [2.75, 3.05) is 7.11 Å². The van der Waals surface area contributed by atoms with Gasteiger partial charge in [-0.25, -0.2) is 9.86 Å². The average Bonchev–Trinajstić information content (AvgIpc) is 2.74. The summed E-state index contributed by atoms with van der Waals surface area (Å²) in [5, 5.41) is 11.3. The SMILES string of the molecule is CON1C(=O)C[C@@H]1/C=C1/C(=O)N2C(C(=O)O)=CS[C@@H]12. The highest BCUT2D eigenvalue weighted by atomic mass is 32.2. The van der Waals surface area contributed by atoms with Crippen LogP contribution < -0.4 is 0 Å². The van der Waals surface area contributed by atoms with Crippen LogP contribution >= 0.6 is 11.8 Å². The number of carboxylic acid groups (broad SMARTS) is 1. The Balaban J connectivity index is 1.75. The van der Waals surface area contributed by atoms with Gasteiger partial charge in [-0.2, -0.15) is 0 Å². The van der Waals surface area contributed by atoms with Gasteiger partial charge in [0.1, 0.15) is 11.1 Å². The van der Waals surface area contributed by atoms with Gasteiger partial charge < -0.3 is 5.11 Å². The van der Waals surface area contributed by atoms with E-state index in [0.29, 0.717) is 12.0 Å². The summed E-state index contributed by atoms with van der Waals surface area (Å²) in [4.78, 5) is 40.1. The second-order valence-electron chi connectivity index (χ2n) is 4.27. The van der Waals surface area contributed by atoms with Crippen molar-refractivity contribution in [3.8, 4) is 0 Å². The quantitative estimate of drug-likeness (QED) is 0.575. The first kappa shape index (κ1) is 12.2. The molecule has 2 saturated heterocycles. The van der Waals surface area contributed by atoms with Crippen molar-refractivity contribution >= 4 is 29.5 Å². The third-order valence-electron chi connectivity index (χ3n) is 3.25. The van der Waals surface area contributed by atoms with Crippen molar-refractivity contribution in [1.82, 2.24) is 9.96 Å². The predicted octanol–water partition coefficient (Wildman–Crippen LogP) is -0.0838. The van der Waals surface area contributed by atoms with E-state index in [1.807, 2.05) is 0 Å². The van der Waals surface area contributed by atoms with E-state index in [1.54, 1.807) is 6.08 Å². The number of carbonyl (C=O) groups is 3. The summed E-state index contributed by atoms with van der Waals surface area (Å²) in [6.45, 7) is 0. The molecular formula is C11H10N2O5S. The number of hydroxylamine groups is 2. The second-order valence-corrected chi connectivity index (χ2v) is 5.22. The molecule has 100 valence electrons. The Morgan fingerprint density at radius 3 is 2.89 bits per heavy atom. The molecule has 3 heterocycles. The Hall–Kier alpha value is -1.80. The van der Waals surface area contributed by atoms with Gasteiger partial charge in [0.05, 0.1) is 19.6 Å². The van der Waals surface area contributed by atoms with Crippen LogP contribution in [-0.2, 0) is 19.2 Å². The van der Waals surface area contributed by atoms with Gasteiger partial charge in [0, 0.05) is 11.0 Å². The maximum absolute atomic E-state index is 11.9. The maximum Gasteiger partial charge on any atom is 0.353 e. The monoisotopic (exact) mass is 282 g/mol. The van der Waals surface area contributed by atoms with E-state index < -0.39 is 5.97 Å². The first-order chi connectivity index (χ1) is 9.04. The van der Waals surface area contributed by atoms with Crippen molar-refractivity contribution < 1.29 is 24.3 Å². The van der Waals surface area contributed by atoms with Crippen LogP contribution in [0.1, 0.15) is 6.42 Å². The highest BCUT2D eigenvalue weighted by Crippen LogP contribution is 2.45. The molecule has 19 heavy (non-hydrogen) atoms. The van der Waals surface area contributed by atoms with Crippen LogP contribution in [-0.4, -0.2) is 51.4 Å². The molecule has 3 aliphatic heterocycles. The number of nitrogens with zero attached hydrogens (tertiary/aromatic N) is 2. The van der Waals surface area contributed by atoms with Crippen LogP contribution in [0.5, 0.6) is 0 Å². The number of thioether (sulfide) groups is 1. The minimum absolute atomic E-state index is 0.00503. The van der Waals surface area contributed by atoms with Gasteiger partial charge in [0.2, 0.25) is 5.91 Å².